The Hall–Kier alpha value is -2.11. The molecule has 80 valence electrons. The Morgan fingerprint density at radius 1 is 1.20 bits per heavy atom. The summed E-state index contributed by atoms with van der Waals surface area (Å²) in [5.74, 6) is 0. The van der Waals surface area contributed by atoms with Gasteiger partial charge in [0, 0.05) is 6.54 Å². The molecule has 0 N–H and O–H groups in total. The molecule has 0 aromatic carbocycles. The van der Waals surface area contributed by atoms with E-state index in [9.17, 15) is 14.7 Å². The zero-order valence-corrected chi connectivity index (χ0v) is 8.05. The normalized spacial score (nSPS) is 9.87. The summed E-state index contributed by atoms with van der Waals surface area (Å²) in [6.45, 7) is 6.86. The second kappa shape index (κ2) is 4.41. The Bertz CT molecular complexity index is 498. The van der Waals surface area contributed by atoms with E-state index in [1.807, 2.05) is 0 Å². The number of hydrogen-bond donors (Lipinski definition) is 0. The Morgan fingerprint density at radius 3 is 2.27 bits per heavy atom. The highest BCUT2D eigenvalue weighted by molar-refractivity contribution is 4.93. The Kier molecular flexibility index (Phi) is 3.22. The SMILES string of the molecule is C=CCn1c([O-])nc(=O)n(CC=C)c1=O. The topological polar surface area (TPSA) is 79.9 Å². The van der Waals surface area contributed by atoms with E-state index in [2.05, 4.69) is 18.1 Å². The van der Waals surface area contributed by atoms with Gasteiger partial charge in [-0.15, -0.1) is 13.2 Å². The quantitative estimate of drug-likeness (QED) is 0.585. The van der Waals surface area contributed by atoms with Crippen LogP contribution in [-0.4, -0.2) is 14.1 Å². The maximum Gasteiger partial charge on any atom is 0.352 e. The maximum atomic E-state index is 11.6. The Morgan fingerprint density at radius 2 is 1.73 bits per heavy atom. The van der Waals surface area contributed by atoms with Crippen molar-refractivity contribution in [2.45, 2.75) is 13.1 Å². The van der Waals surface area contributed by atoms with Crippen molar-refractivity contribution >= 4 is 0 Å². The largest absolute Gasteiger partial charge is 0.845 e. The third-order valence-corrected chi connectivity index (χ3v) is 1.74. The standard InChI is InChI=1S/C9H11N3O3/c1-3-5-11-7(13)10-8(14)12(6-4-2)9(11)15/h3-4H,1-2,5-6H2,(H,10,13,14)/p-1. The molecule has 1 rings (SSSR count). The van der Waals surface area contributed by atoms with E-state index in [0.29, 0.717) is 0 Å². The van der Waals surface area contributed by atoms with Gasteiger partial charge in [-0.25, -0.2) is 14.2 Å². The Labute approximate surface area is 85.4 Å². The average molecular weight is 208 g/mol. The smallest absolute Gasteiger partial charge is 0.352 e. The van der Waals surface area contributed by atoms with Crippen LogP contribution in [-0.2, 0) is 13.1 Å². The van der Waals surface area contributed by atoms with Crippen LogP contribution < -0.4 is 16.5 Å². The third kappa shape index (κ3) is 2.04. The zero-order valence-electron chi connectivity index (χ0n) is 8.05. The van der Waals surface area contributed by atoms with E-state index in [1.165, 1.54) is 12.2 Å². The molecule has 0 atom stereocenters. The summed E-state index contributed by atoms with van der Waals surface area (Å²) < 4.78 is 1.66. The monoisotopic (exact) mass is 208 g/mol. The molecule has 1 aromatic rings. The molecule has 1 aromatic heterocycles. The van der Waals surface area contributed by atoms with Crippen molar-refractivity contribution in [1.82, 2.24) is 14.1 Å². The lowest BCUT2D eigenvalue weighted by molar-refractivity contribution is -0.287. The van der Waals surface area contributed by atoms with E-state index in [0.717, 1.165) is 9.13 Å². The molecule has 0 aliphatic heterocycles. The van der Waals surface area contributed by atoms with Crippen LogP contribution in [0.2, 0.25) is 0 Å². The van der Waals surface area contributed by atoms with Gasteiger partial charge in [0.2, 0.25) is 0 Å². The molecule has 0 saturated heterocycles. The molecule has 6 nitrogen and oxygen atoms in total. The summed E-state index contributed by atoms with van der Waals surface area (Å²) in [4.78, 5) is 25.9. The van der Waals surface area contributed by atoms with Crippen LogP contribution in [0.1, 0.15) is 0 Å². The van der Waals surface area contributed by atoms with Crippen molar-refractivity contribution in [3.05, 3.63) is 46.3 Å². The molecule has 0 amide bonds. The predicted molar refractivity (Wildman–Crippen MR) is 52.6 cm³/mol. The van der Waals surface area contributed by atoms with Crippen molar-refractivity contribution in [3.63, 3.8) is 0 Å². The first-order valence-electron chi connectivity index (χ1n) is 4.22. The summed E-state index contributed by atoms with van der Waals surface area (Å²) in [7, 11) is 0. The van der Waals surface area contributed by atoms with Gasteiger partial charge in [0.25, 0.3) is 0 Å². The van der Waals surface area contributed by atoms with E-state index >= 15 is 0 Å². The highest BCUT2D eigenvalue weighted by Gasteiger charge is 2.04. The number of aromatic nitrogens is 3. The van der Waals surface area contributed by atoms with E-state index in [1.54, 1.807) is 0 Å². The maximum absolute atomic E-state index is 11.6. The van der Waals surface area contributed by atoms with Crippen LogP contribution in [0.4, 0.5) is 0 Å². The fourth-order valence-electron chi connectivity index (χ4n) is 1.08. The fraction of sp³-hybridized carbons (Fsp3) is 0.222. The van der Waals surface area contributed by atoms with E-state index < -0.39 is 17.4 Å². The molecule has 15 heavy (non-hydrogen) atoms. The highest BCUT2D eigenvalue weighted by atomic mass is 16.3. The molecule has 0 aliphatic rings. The third-order valence-electron chi connectivity index (χ3n) is 1.74. The van der Waals surface area contributed by atoms with Gasteiger partial charge in [-0.1, -0.05) is 12.2 Å². The van der Waals surface area contributed by atoms with Crippen LogP contribution in [0.3, 0.4) is 0 Å². The number of rotatable bonds is 4. The molecule has 6 heteroatoms. The minimum absolute atomic E-state index is 0.0299. The molecule has 0 radical (unpaired) electrons. The summed E-state index contributed by atoms with van der Waals surface area (Å²) in [5, 5.41) is 11.2. The first-order valence-corrected chi connectivity index (χ1v) is 4.22. The second-order valence-electron chi connectivity index (χ2n) is 2.76. The zero-order chi connectivity index (χ0) is 11.4. The van der Waals surface area contributed by atoms with Crippen molar-refractivity contribution in [1.29, 1.82) is 0 Å². The van der Waals surface area contributed by atoms with Crippen molar-refractivity contribution in [3.8, 4) is 6.01 Å². The molecule has 1 heterocycles. The van der Waals surface area contributed by atoms with Crippen molar-refractivity contribution in [2.24, 2.45) is 0 Å². The molecule has 0 saturated carbocycles. The lowest BCUT2D eigenvalue weighted by Crippen LogP contribution is -2.42. The first kappa shape index (κ1) is 11.0. The van der Waals surface area contributed by atoms with Gasteiger partial charge < -0.3 is 5.11 Å². The van der Waals surface area contributed by atoms with Crippen molar-refractivity contribution < 1.29 is 5.11 Å². The summed E-state index contributed by atoms with van der Waals surface area (Å²) in [6.07, 6.45) is 2.76. The van der Waals surface area contributed by atoms with Crippen LogP contribution in [0.25, 0.3) is 0 Å². The number of hydrogen-bond acceptors (Lipinski definition) is 4. The minimum Gasteiger partial charge on any atom is -0.845 e. The van der Waals surface area contributed by atoms with Gasteiger partial charge in [0.1, 0.15) is 0 Å². The Balaban J connectivity index is 3.48. The molecular weight excluding hydrogens is 198 g/mol. The molecule has 0 fully saturated rings. The van der Waals surface area contributed by atoms with Crippen LogP contribution in [0.5, 0.6) is 6.01 Å². The number of nitrogens with zero attached hydrogens (tertiary/aromatic N) is 3. The lowest BCUT2D eigenvalue weighted by atomic mass is 10.6. The summed E-state index contributed by atoms with van der Waals surface area (Å²) >= 11 is 0. The van der Waals surface area contributed by atoms with Gasteiger partial charge in [0.05, 0.1) is 12.6 Å². The molecule has 0 bridgehead atoms. The minimum atomic E-state index is -0.856. The average Bonchev–Trinajstić information content (AvgIpc) is 2.19. The van der Waals surface area contributed by atoms with E-state index in [4.69, 9.17) is 0 Å². The molecule has 0 aliphatic carbocycles. The van der Waals surface area contributed by atoms with Gasteiger partial charge in [-0.05, 0) is 0 Å². The van der Waals surface area contributed by atoms with Gasteiger partial charge in [-0.2, -0.15) is 4.98 Å². The number of allylic oxidation sites excluding steroid dienone is 2. The van der Waals surface area contributed by atoms with Crippen molar-refractivity contribution in [2.75, 3.05) is 0 Å². The van der Waals surface area contributed by atoms with Gasteiger partial charge in [0.15, 0.2) is 0 Å². The van der Waals surface area contributed by atoms with Crippen LogP contribution in [0, 0.1) is 0 Å². The predicted octanol–water partition coefficient (Wildman–Crippen LogP) is -1.15. The second-order valence-corrected chi connectivity index (χ2v) is 2.76. The van der Waals surface area contributed by atoms with E-state index in [-0.39, 0.29) is 13.1 Å². The molecule has 0 spiro atoms. The summed E-state index contributed by atoms with van der Waals surface area (Å²) in [6, 6.07) is -0.856. The van der Waals surface area contributed by atoms with Crippen LogP contribution >= 0.6 is 0 Å². The first-order chi connectivity index (χ1) is 7.11. The molecule has 0 unspecified atom stereocenters. The fourth-order valence-corrected chi connectivity index (χ4v) is 1.08. The highest BCUT2D eigenvalue weighted by Crippen LogP contribution is 1.91. The van der Waals surface area contributed by atoms with Crippen LogP contribution in [0.15, 0.2) is 34.9 Å². The van der Waals surface area contributed by atoms with Gasteiger partial charge in [-0.3, -0.25) is 4.57 Å². The lowest BCUT2D eigenvalue weighted by Gasteiger charge is -2.14. The summed E-state index contributed by atoms with van der Waals surface area (Å²) in [5.41, 5.74) is -1.55. The molecular formula is C9H10N3O3-. The van der Waals surface area contributed by atoms with Gasteiger partial charge >= 0.3 is 11.4 Å².